The van der Waals surface area contributed by atoms with Gasteiger partial charge in [0.25, 0.3) is 5.91 Å². The highest BCUT2D eigenvalue weighted by Crippen LogP contribution is 2.10. The maximum atomic E-state index is 11.4. The second-order valence-corrected chi connectivity index (χ2v) is 3.80. The fourth-order valence-electron chi connectivity index (χ4n) is 0.981. The van der Waals surface area contributed by atoms with Gasteiger partial charge in [0.1, 0.15) is 0 Å². The standard InChI is InChI=1S/C10H10BrNO3/c11-8-3-1-7(2-4-8)10(15)12-6-5-9(13)14/h1-4H,5-6H2,(H,12,15)(H,13,14)/p-1. The van der Waals surface area contributed by atoms with Gasteiger partial charge in [0.2, 0.25) is 0 Å². The quantitative estimate of drug-likeness (QED) is 0.857. The van der Waals surface area contributed by atoms with E-state index in [0.717, 1.165) is 4.47 Å². The first-order valence-electron chi connectivity index (χ1n) is 4.33. The second kappa shape index (κ2) is 5.50. The zero-order chi connectivity index (χ0) is 11.3. The van der Waals surface area contributed by atoms with E-state index in [9.17, 15) is 14.7 Å². The lowest BCUT2D eigenvalue weighted by Crippen LogP contribution is -2.30. The Kier molecular flexibility index (Phi) is 4.30. The lowest BCUT2D eigenvalue weighted by Gasteiger charge is -2.05. The average molecular weight is 271 g/mol. The van der Waals surface area contributed by atoms with Gasteiger partial charge in [-0.3, -0.25) is 4.79 Å². The third-order valence-corrected chi connectivity index (χ3v) is 2.25. The summed E-state index contributed by atoms with van der Waals surface area (Å²) in [5.41, 5.74) is 0.497. The summed E-state index contributed by atoms with van der Waals surface area (Å²) in [6.07, 6.45) is -0.178. The highest BCUT2D eigenvalue weighted by Gasteiger charge is 2.03. The van der Waals surface area contributed by atoms with Crippen molar-refractivity contribution in [2.75, 3.05) is 6.54 Å². The van der Waals surface area contributed by atoms with Crippen LogP contribution in [0.4, 0.5) is 0 Å². The molecular formula is C10H9BrNO3-. The van der Waals surface area contributed by atoms with Crippen molar-refractivity contribution in [3.05, 3.63) is 34.3 Å². The summed E-state index contributed by atoms with van der Waals surface area (Å²) in [5, 5.41) is 12.6. The molecule has 80 valence electrons. The Labute approximate surface area is 95.4 Å². The molecule has 0 atom stereocenters. The molecule has 0 spiro atoms. The normalized spacial score (nSPS) is 9.67. The van der Waals surface area contributed by atoms with E-state index in [1.165, 1.54) is 0 Å². The van der Waals surface area contributed by atoms with Gasteiger partial charge in [-0.1, -0.05) is 15.9 Å². The molecule has 0 fully saturated rings. The number of hydrogen-bond acceptors (Lipinski definition) is 3. The highest BCUT2D eigenvalue weighted by atomic mass is 79.9. The molecule has 0 aliphatic rings. The molecule has 0 aliphatic carbocycles. The van der Waals surface area contributed by atoms with Crippen molar-refractivity contribution >= 4 is 27.8 Å². The Morgan fingerprint density at radius 2 is 1.87 bits per heavy atom. The number of amides is 1. The summed E-state index contributed by atoms with van der Waals surface area (Å²) in [6.45, 7) is 0.0806. The molecule has 1 amide bonds. The summed E-state index contributed by atoms with van der Waals surface area (Å²) in [5.74, 6) is -1.46. The highest BCUT2D eigenvalue weighted by molar-refractivity contribution is 9.10. The molecule has 1 aromatic carbocycles. The van der Waals surface area contributed by atoms with Gasteiger partial charge in [-0.2, -0.15) is 0 Å². The SMILES string of the molecule is O=C([O-])CCNC(=O)c1ccc(Br)cc1. The molecule has 5 heteroatoms. The predicted octanol–water partition coefficient (Wildman–Crippen LogP) is 0.319. The van der Waals surface area contributed by atoms with Crippen LogP contribution in [0.1, 0.15) is 16.8 Å². The maximum absolute atomic E-state index is 11.4. The van der Waals surface area contributed by atoms with Gasteiger partial charge in [-0.05, 0) is 24.3 Å². The van der Waals surface area contributed by atoms with E-state index in [1.807, 2.05) is 0 Å². The number of carbonyl (C=O) groups excluding carboxylic acids is 2. The Morgan fingerprint density at radius 3 is 2.40 bits per heavy atom. The number of benzene rings is 1. The number of halogens is 1. The first-order chi connectivity index (χ1) is 7.09. The van der Waals surface area contributed by atoms with Gasteiger partial charge in [0.15, 0.2) is 0 Å². The summed E-state index contributed by atoms with van der Waals surface area (Å²) >= 11 is 3.25. The van der Waals surface area contributed by atoms with Crippen molar-refractivity contribution in [3.8, 4) is 0 Å². The summed E-state index contributed by atoms with van der Waals surface area (Å²) < 4.78 is 0.883. The molecule has 0 heterocycles. The van der Waals surface area contributed by atoms with Crippen LogP contribution >= 0.6 is 15.9 Å². The lowest BCUT2D eigenvalue weighted by molar-refractivity contribution is -0.305. The van der Waals surface area contributed by atoms with Crippen LogP contribution < -0.4 is 10.4 Å². The maximum Gasteiger partial charge on any atom is 0.251 e. The largest absolute Gasteiger partial charge is 0.550 e. The third kappa shape index (κ3) is 4.12. The number of aliphatic carboxylic acids is 1. The molecule has 4 nitrogen and oxygen atoms in total. The van der Waals surface area contributed by atoms with Gasteiger partial charge >= 0.3 is 0 Å². The van der Waals surface area contributed by atoms with E-state index in [1.54, 1.807) is 24.3 Å². The Balaban J connectivity index is 2.47. The molecule has 0 aromatic heterocycles. The first-order valence-corrected chi connectivity index (χ1v) is 5.12. The fourth-order valence-corrected chi connectivity index (χ4v) is 1.25. The van der Waals surface area contributed by atoms with Crippen molar-refractivity contribution in [3.63, 3.8) is 0 Å². The zero-order valence-corrected chi connectivity index (χ0v) is 9.41. The van der Waals surface area contributed by atoms with Crippen molar-refractivity contribution in [1.29, 1.82) is 0 Å². The van der Waals surface area contributed by atoms with Gasteiger partial charge < -0.3 is 15.2 Å². The van der Waals surface area contributed by atoms with E-state index >= 15 is 0 Å². The van der Waals surface area contributed by atoms with Crippen LogP contribution in [0, 0.1) is 0 Å². The van der Waals surface area contributed by atoms with Crippen LogP contribution in [0.15, 0.2) is 28.7 Å². The first kappa shape index (κ1) is 11.7. The Hall–Kier alpha value is -1.36. The average Bonchev–Trinajstić information content (AvgIpc) is 2.18. The van der Waals surface area contributed by atoms with Crippen molar-refractivity contribution in [1.82, 2.24) is 5.32 Å². The molecular weight excluding hydrogens is 262 g/mol. The van der Waals surface area contributed by atoms with E-state index in [4.69, 9.17) is 0 Å². The summed E-state index contributed by atoms with van der Waals surface area (Å²) in [7, 11) is 0. The molecule has 15 heavy (non-hydrogen) atoms. The Bertz CT molecular complexity index is 361. The lowest BCUT2D eigenvalue weighted by atomic mass is 10.2. The van der Waals surface area contributed by atoms with E-state index < -0.39 is 5.97 Å². The van der Waals surface area contributed by atoms with Crippen LogP contribution in [0.5, 0.6) is 0 Å². The van der Waals surface area contributed by atoms with Crippen LogP contribution in [0.2, 0.25) is 0 Å². The van der Waals surface area contributed by atoms with Gasteiger partial charge in [0, 0.05) is 29.0 Å². The molecule has 1 aromatic rings. The molecule has 0 radical (unpaired) electrons. The second-order valence-electron chi connectivity index (χ2n) is 2.88. The molecule has 1 rings (SSSR count). The number of hydrogen-bond donors (Lipinski definition) is 1. The Morgan fingerprint density at radius 1 is 1.27 bits per heavy atom. The predicted molar refractivity (Wildman–Crippen MR) is 56.1 cm³/mol. The number of carboxylic acid groups (broad SMARTS) is 1. The molecule has 0 saturated heterocycles. The van der Waals surface area contributed by atoms with Crippen LogP contribution in [0.3, 0.4) is 0 Å². The minimum absolute atomic E-state index is 0.0806. The van der Waals surface area contributed by atoms with Gasteiger partial charge in [-0.25, -0.2) is 0 Å². The minimum atomic E-state index is -1.17. The topological polar surface area (TPSA) is 69.2 Å². The van der Waals surface area contributed by atoms with E-state index in [2.05, 4.69) is 21.2 Å². The number of nitrogens with one attached hydrogen (secondary N) is 1. The van der Waals surface area contributed by atoms with Crippen molar-refractivity contribution < 1.29 is 14.7 Å². The third-order valence-electron chi connectivity index (χ3n) is 1.72. The van der Waals surface area contributed by atoms with E-state index in [0.29, 0.717) is 5.56 Å². The monoisotopic (exact) mass is 270 g/mol. The summed E-state index contributed by atoms with van der Waals surface area (Å²) in [4.78, 5) is 21.5. The number of carbonyl (C=O) groups is 2. The van der Waals surface area contributed by atoms with E-state index in [-0.39, 0.29) is 18.9 Å². The van der Waals surface area contributed by atoms with Crippen LogP contribution in [-0.4, -0.2) is 18.4 Å². The van der Waals surface area contributed by atoms with Gasteiger partial charge in [-0.15, -0.1) is 0 Å². The molecule has 1 N–H and O–H groups in total. The van der Waals surface area contributed by atoms with Crippen molar-refractivity contribution in [2.24, 2.45) is 0 Å². The van der Waals surface area contributed by atoms with Gasteiger partial charge in [0.05, 0.1) is 0 Å². The number of rotatable bonds is 4. The smallest absolute Gasteiger partial charge is 0.251 e. The number of carboxylic acids is 1. The zero-order valence-electron chi connectivity index (χ0n) is 7.83. The molecule has 0 unspecified atom stereocenters. The molecule has 0 aliphatic heterocycles. The fraction of sp³-hybridized carbons (Fsp3) is 0.200. The minimum Gasteiger partial charge on any atom is -0.550 e. The van der Waals surface area contributed by atoms with Crippen LogP contribution in [-0.2, 0) is 4.79 Å². The summed E-state index contributed by atoms with van der Waals surface area (Å²) in [6, 6.07) is 6.79. The van der Waals surface area contributed by atoms with Crippen molar-refractivity contribution in [2.45, 2.75) is 6.42 Å². The molecule has 0 bridgehead atoms. The van der Waals surface area contributed by atoms with Crippen LogP contribution in [0.25, 0.3) is 0 Å². The molecule has 0 saturated carbocycles.